The first-order valence-electron chi connectivity index (χ1n) is 5.30. The highest BCUT2D eigenvalue weighted by atomic mass is 79.9. The van der Waals surface area contributed by atoms with Crippen LogP contribution in [0, 0.1) is 6.92 Å². The van der Waals surface area contributed by atoms with Gasteiger partial charge in [-0.2, -0.15) is 12.7 Å². The normalized spacial score (nSPS) is 11.8. The van der Waals surface area contributed by atoms with Gasteiger partial charge < -0.3 is 0 Å². The molecule has 1 rings (SSSR count). The van der Waals surface area contributed by atoms with Gasteiger partial charge in [-0.1, -0.05) is 13.8 Å². The van der Waals surface area contributed by atoms with E-state index in [0.717, 1.165) is 10.0 Å². The number of hydrogen-bond acceptors (Lipinski definition) is 3. The van der Waals surface area contributed by atoms with Gasteiger partial charge in [0.25, 0.3) is 0 Å². The summed E-state index contributed by atoms with van der Waals surface area (Å²) in [5.74, 6) is 0.331. The van der Waals surface area contributed by atoms with Gasteiger partial charge in [-0.05, 0) is 34.5 Å². The van der Waals surface area contributed by atoms with Crippen molar-refractivity contribution in [3.63, 3.8) is 0 Å². The first kappa shape index (κ1) is 14.4. The van der Waals surface area contributed by atoms with Crippen LogP contribution in [0.1, 0.15) is 19.4 Å². The number of nitrogens with zero attached hydrogens (tertiary/aromatic N) is 2. The summed E-state index contributed by atoms with van der Waals surface area (Å²) in [6.07, 6.45) is 1.58. The molecule has 1 heterocycles. The zero-order valence-electron chi connectivity index (χ0n) is 10.1. The molecule has 0 radical (unpaired) electrons. The second-order valence-electron chi connectivity index (χ2n) is 3.51. The summed E-state index contributed by atoms with van der Waals surface area (Å²) >= 11 is 3.32. The largest absolute Gasteiger partial charge is 0.302 e. The van der Waals surface area contributed by atoms with E-state index >= 15 is 0 Å². The van der Waals surface area contributed by atoms with Crippen molar-refractivity contribution in [3.05, 3.63) is 22.3 Å². The van der Waals surface area contributed by atoms with Crippen LogP contribution in [0.15, 0.2) is 16.7 Å². The van der Waals surface area contributed by atoms with Gasteiger partial charge >= 0.3 is 10.2 Å². The number of aryl methyl sites for hydroxylation is 1. The lowest BCUT2D eigenvalue weighted by atomic mass is 10.3. The molecule has 96 valence electrons. The lowest BCUT2D eigenvalue weighted by Crippen LogP contribution is -2.35. The SMILES string of the molecule is CCN(CC)S(=O)(=O)Nc1cc(C)c(Br)cn1. The number of anilines is 1. The third-order valence-electron chi connectivity index (χ3n) is 2.33. The number of rotatable bonds is 5. The van der Waals surface area contributed by atoms with Gasteiger partial charge in [0.15, 0.2) is 0 Å². The Kier molecular flexibility index (Phi) is 4.91. The molecule has 0 amide bonds. The summed E-state index contributed by atoms with van der Waals surface area (Å²) in [7, 11) is -3.50. The number of nitrogens with one attached hydrogen (secondary N) is 1. The van der Waals surface area contributed by atoms with Crippen molar-refractivity contribution >= 4 is 32.0 Å². The number of halogens is 1. The van der Waals surface area contributed by atoms with Crippen LogP contribution in [0.3, 0.4) is 0 Å². The van der Waals surface area contributed by atoms with E-state index < -0.39 is 10.2 Å². The lowest BCUT2D eigenvalue weighted by Gasteiger charge is -2.19. The zero-order valence-corrected chi connectivity index (χ0v) is 12.5. The number of hydrogen-bond donors (Lipinski definition) is 1. The Morgan fingerprint density at radius 3 is 2.47 bits per heavy atom. The van der Waals surface area contributed by atoms with Crippen molar-refractivity contribution in [2.75, 3.05) is 17.8 Å². The molecule has 7 heteroatoms. The molecule has 1 aromatic rings. The molecule has 5 nitrogen and oxygen atoms in total. The van der Waals surface area contributed by atoms with Crippen LogP contribution in [0.5, 0.6) is 0 Å². The Hall–Kier alpha value is -0.660. The van der Waals surface area contributed by atoms with Gasteiger partial charge in [0.1, 0.15) is 5.82 Å². The van der Waals surface area contributed by atoms with Gasteiger partial charge in [-0.15, -0.1) is 0 Å². The van der Waals surface area contributed by atoms with Crippen LogP contribution in [-0.4, -0.2) is 30.8 Å². The third-order valence-corrected chi connectivity index (χ3v) is 4.82. The van der Waals surface area contributed by atoms with Crippen LogP contribution in [0.4, 0.5) is 5.82 Å². The molecule has 0 aromatic carbocycles. The maximum Gasteiger partial charge on any atom is 0.302 e. The maximum absolute atomic E-state index is 11.9. The molecule has 0 atom stereocenters. The molecule has 0 aliphatic carbocycles. The van der Waals surface area contributed by atoms with Crippen LogP contribution in [-0.2, 0) is 10.2 Å². The fourth-order valence-electron chi connectivity index (χ4n) is 1.36. The van der Waals surface area contributed by atoms with E-state index in [9.17, 15) is 8.42 Å². The quantitative estimate of drug-likeness (QED) is 0.903. The highest BCUT2D eigenvalue weighted by Crippen LogP contribution is 2.18. The Balaban J connectivity index is 2.94. The molecule has 0 saturated heterocycles. The minimum absolute atomic E-state index is 0.331. The summed E-state index contributed by atoms with van der Waals surface area (Å²) in [5, 5.41) is 0. The zero-order chi connectivity index (χ0) is 13.1. The topological polar surface area (TPSA) is 62.3 Å². The summed E-state index contributed by atoms with van der Waals surface area (Å²) < 4.78 is 28.5. The fraction of sp³-hybridized carbons (Fsp3) is 0.500. The van der Waals surface area contributed by atoms with Gasteiger partial charge in [0.2, 0.25) is 0 Å². The fourth-order valence-corrected chi connectivity index (χ4v) is 2.76. The van der Waals surface area contributed by atoms with Gasteiger partial charge in [0, 0.05) is 23.8 Å². The first-order chi connectivity index (χ1) is 7.90. The Morgan fingerprint density at radius 1 is 1.41 bits per heavy atom. The Morgan fingerprint density at radius 2 is 2.00 bits per heavy atom. The van der Waals surface area contributed by atoms with Crippen LogP contribution >= 0.6 is 15.9 Å². The van der Waals surface area contributed by atoms with Gasteiger partial charge in [0.05, 0.1) is 0 Å². The van der Waals surface area contributed by atoms with E-state index in [1.165, 1.54) is 4.31 Å². The van der Waals surface area contributed by atoms with E-state index in [-0.39, 0.29) is 0 Å². The average molecular weight is 322 g/mol. The summed E-state index contributed by atoms with van der Waals surface area (Å²) in [5.41, 5.74) is 0.928. The highest BCUT2D eigenvalue weighted by Gasteiger charge is 2.18. The van der Waals surface area contributed by atoms with Gasteiger partial charge in [-0.3, -0.25) is 4.72 Å². The Labute approximate surface area is 111 Å². The van der Waals surface area contributed by atoms with Crippen molar-refractivity contribution in [1.29, 1.82) is 0 Å². The molecular formula is C10H16BrN3O2S. The molecule has 0 bridgehead atoms. The minimum atomic E-state index is -3.50. The average Bonchev–Trinajstić information content (AvgIpc) is 2.24. The Bertz CT molecular complexity index is 486. The van der Waals surface area contributed by atoms with Crippen LogP contribution in [0.2, 0.25) is 0 Å². The molecule has 0 aliphatic rings. The molecule has 0 spiro atoms. The molecule has 0 fully saturated rings. The van der Waals surface area contributed by atoms with E-state index in [2.05, 4.69) is 25.6 Å². The van der Waals surface area contributed by atoms with Crippen LogP contribution in [0.25, 0.3) is 0 Å². The molecular weight excluding hydrogens is 306 g/mol. The van der Waals surface area contributed by atoms with Crippen molar-refractivity contribution in [3.8, 4) is 0 Å². The van der Waals surface area contributed by atoms with Crippen molar-refractivity contribution in [2.24, 2.45) is 0 Å². The smallest absolute Gasteiger partial charge is 0.254 e. The molecule has 0 unspecified atom stereocenters. The van der Waals surface area contributed by atoms with Crippen molar-refractivity contribution in [1.82, 2.24) is 9.29 Å². The predicted octanol–water partition coefficient (Wildman–Crippen LogP) is 2.15. The van der Waals surface area contributed by atoms with Gasteiger partial charge in [-0.25, -0.2) is 4.98 Å². The maximum atomic E-state index is 11.9. The molecule has 1 N–H and O–H groups in total. The molecule has 1 aromatic heterocycles. The van der Waals surface area contributed by atoms with Crippen molar-refractivity contribution in [2.45, 2.75) is 20.8 Å². The van der Waals surface area contributed by atoms with Crippen LogP contribution < -0.4 is 4.72 Å². The van der Waals surface area contributed by atoms with E-state index in [0.29, 0.717) is 18.9 Å². The van der Waals surface area contributed by atoms with Crippen molar-refractivity contribution < 1.29 is 8.42 Å². The van der Waals surface area contributed by atoms with E-state index in [1.807, 2.05) is 6.92 Å². The molecule has 0 saturated carbocycles. The summed E-state index contributed by atoms with van der Waals surface area (Å²) in [4.78, 5) is 4.01. The number of pyridine rings is 1. The minimum Gasteiger partial charge on any atom is -0.254 e. The predicted molar refractivity (Wildman–Crippen MR) is 72.1 cm³/mol. The second-order valence-corrected chi connectivity index (χ2v) is 6.04. The highest BCUT2D eigenvalue weighted by molar-refractivity contribution is 9.10. The molecule has 0 aliphatic heterocycles. The van der Waals surface area contributed by atoms with E-state index in [4.69, 9.17) is 0 Å². The standard InChI is InChI=1S/C10H16BrN3O2S/c1-4-14(5-2)17(15,16)13-10-6-8(3)9(11)7-12-10/h6-7H,4-5H2,1-3H3,(H,12,13). The van der Waals surface area contributed by atoms with E-state index in [1.54, 1.807) is 26.1 Å². The summed E-state index contributed by atoms with van der Waals surface area (Å²) in [6, 6.07) is 1.69. The summed E-state index contributed by atoms with van der Waals surface area (Å²) in [6.45, 7) is 6.33. The molecule has 17 heavy (non-hydrogen) atoms. The first-order valence-corrected chi connectivity index (χ1v) is 7.54. The number of aromatic nitrogens is 1. The lowest BCUT2D eigenvalue weighted by molar-refractivity contribution is 0.449. The third kappa shape index (κ3) is 3.65. The second kappa shape index (κ2) is 5.79. The monoisotopic (exact) mass is 321 g/mol.